The van der Waals surface area contributed by atoms with Gasteiger partial charge in [0.1, 0.15) is 19.0 Å². The second kappa shape index (κ2) is 10.3. The van der Waals surface area contributed by atoms with Crippen molar-refractivity contribution >= 4 is 5.97 Å². The molecule has 2 aromatic rings. The Labute approximate surface area is 152 Å². The van der Waals surface area contributed by atoms with Gasteiger partial charge >= 0.3 is 5.97 Å². The zero-order valence-corrected chi connectivity index (χ0v) is 13.6. The van der Waals surface area contributed by atoms with Gasteiger partial charge in [-0.3, -0.25) is 0 Å². The zero-order valence-electron chi connectivity index (χ0n) is 13.6. The molecule has 25 heavy (non-hydrogen) atoms. The molecule has 0 unspecified atom stereocenters. The maximum absolute atomic E-state index is 10.9. The normalized spacial score (nSPS) is 10.0. The smallest absolute Gasteiger partial charge is 0.330 e. The van der Waals surface area contributed by atoms with Crippen LogP contribution in [0.4, 0.5) is 0 Å². The first-order valence-corrected chi connectivity index (χ1v) is 7.62. The standard InChI is InChI=1S/C20H22O3.2CH4/c1-4-19(21)23-15-14-22-18-12-10-17(11-13-18)20(2,3)16-8-6-5-7-9-16;;/h4-13H,1,14-15H2,2-3H3;2*1H4. The third-order valence-electron chi connectivity index (χ3n) is 3.83. The maximum atomic E-state index is 10.9. The van der Waals surface area contributed by atoms with E-state index in [1.54, 1.807) is 0 Å². The molecule has 0 aliphatic heterocycles. The molecule has 3 nitrogen and oxygen atoms in total. The van der Waals surface area contributed by atoms with Crippen molar-refractivity contribution in [2.24, 2.45) is 0 Å². The molecule has 0 atom stereocenters. The van der Waals surface area contributed by atoms with E-state index in [0.29, 0.717) is 6.61 Å². The average Bonchev–Trinajstić information content (AvgIpc) is 2.59. The summed E-state index contributed by atoms with van der Waals surface area (Å²) in [6.07, 6.45) is 1.14. The van der Waals surface area contributed by atoms with Gasteiger partial charge in [0.2, 0.25) is 0 Å². The fourth-order valence-electron chi connectivity index (χ4n) is 2.35. The first-order valence-electron chi connectivity index (χ1n) is 7.62. The number of hydrogen-bond donors (Lipinski definition) is 0. The van der Waals surface area contributed by atoms with Crippen LogP contribution in [-0.4, -0.2) is 19.2 Å². The Morgan fingerprint density at radius 3 is 2.08 bits per heavy atom. The molecule has 2 aromatic carbocycles. The van der Waals surface area contributed by atoms with Crippen LogP contribution >= 0.6 is 0 Å². The van der Waals surface area contributed by atoms with Gasteiger partial charge in [-0.05, 0) is 23.3 Å². The largest absolute Gasteiger partial charge is 0.490 e. The number of carbonyl (C=O) groups is 1. The molecule has 0 aromatic heterocycles. The fraction of sp³-hybridized carbons (Fsp3) is 0.318. The van der Waals surface area contributed by atoms with Crippen LogP contribution < -0.4 is 4.74 Å². The van der Waals surface area contributed by atoms with Crippen LogP contribution in [0.3, 0.4) is 0 Å². The van der Waals surface area contributed by atoms with Crippen molar-refractivity contribution in [2.45, 2.75) is 34.1 Å². The number of rotatable bonds is 7. The Bertz CT molecular complexity index is 643. The summed E-state index contributed by atoms with van der Waals surface area (Å²) in [5.41, 5.74) is 2.42. The number of benzene rings is 2. The third kappa shape index (κ3) is 6.11. The molecule has 0 radical (unpaired) electrons. The summed E-state index contributed by atoms with van der Waals surface area (Å²) in [6, 6.07) is 18.4. The van der Waals surface area contributed by atoms with Gasteiger partial charge in [0.15, 0.2) is 0 Å². The Kier molecular flexibility index (Phi) is 9.29. The SMILES string of the molecule is C.C.C=CC(=O)OCCOc1ccc(C(C)(C)c2ccccc2)cc1. The minimum absolute atomic E-state index is 0. The number of hydrogen-bond acceptors (Lipinski definition) is 3. The molecule has 2 rings (SSSR count). The van der Waals surface area contributed by atoms with Crippen LogP contribution in [0.15, 0.2) is 67.3 Å². The summed E-state index contributed by atoms with van der Waals surface area (Å²) in [7, 11) is 0. The lowest BCUT2D eigenvalue weighted by molar-refractivity contribution is -0.138. The molecule has 0 heterocycles. The summed E-state index contributed by atoms with van der Waals surface area (Å²) >= 11 is 0. The molecule has 0 saturated heterocycles. The van der Waals surface area contributed by atoms with Crippen LogP contribution in [0.1, 0.15) is 39.8 Å². The third-order valence-corrected chi connectivity index (χ3v) is 3.83. The Hall–Kier alpha value is -2.55. The van der Waals surface area contributed by atoms with Crippen molar-refractivity contribution in [3.63, 3.8) is 0 Å². The van der Waals surface area contributed by atoms with E-state index in [9.17, 15) is 4.79 Å². The number of esters is 1. The summed E-state index contributed by atoms with van der Waals surface area (Å²) in [4.78, 5) is 10.9. The van der Waals surface area contributed by atoms with Crippen LogP contribution in [-0.2, 0) is 14.9 Å². The van der Waals surface area contributed by atoms with E-state index in [2.05, 4.69) is 56.8 Å². The summed E-state index contributed by atoms with van der Waals surface area (Å²) in [6.45, 7) is 8.27. The second-order valence-corrected chi connectivity index (χ2v) is 5.74. The van der Waals surface area contributed by atoms with Crippen LogP contribution in [0, 0.1) is 0 Å². The molecule has 0 amide bonds. The fourth-order valence-corrected chi connectivity index (χ4v) is 2.35. The van der Waals surface area contributed by atoms with Crippen molar-refractivity contribution in [2.75, 3.05) is 13.2 Å². The predicted molar refractivity (Wildman–Crippen MR) is 105 cm³/mol. The Morgan fingerprint density at radius 2 is 1.52 bits per heavy atom. The number of ether oxygens (including phenoxy) is 2. The van der Waals surface area contributed by atoms with E-state index < -0.39 is 5.97 Å². The molecule has 0 fully saturated rings. The van der Waals surface area contributed by atoms with Gasteiger partial charge in [-0.1, -0.05) is 77.7 Å². The average molecular weight is 342 g/mol. The maximum Gasteiger partial charge on any atom is 0.330 e. The minimum atomic E-state index is -0.437. The van der Waals surface area contributed by atoms with Crippen molar-refractivity contribution < 1.29 is 14.3 Å². The Morgan fingerprint density at radius 1 is 0.960 bits per heavy atom. The first-order chi connectivity index (χ1) is 11.0. The highest BCUT2D eigenvalue weighted by Gasteiger charge is 2.22. The van der Waals surface area contributed by atoms with Crippen molar-refractivity contribution in [1.82, 2.24) is 0 Å². The number of carbonyl (C=O) groups excluding carboxylic acids is 1. The summed E-state index contributed by atoms with van der Waals surface area (Å²) < 4.78 is 10.4. The van der Waals surface area contributed by atoms with Gasteiger partial charge in [-0.2, -0.15) is 0 Å². The van der Waals surface area contributed by atoms with Crippen molar-refractivity contribution in [1.29, 1.82) is 0 Å². The van der Waals surface area contributed by atoms with E-state index in [1.807, 2.05) is 18.2 Å². The van der Waals surface area contributed by atoms with E-state index in [-0.39, 0.29) is 26.9 Å². The lowest BCUT2D eigenvalue weighted by Crippen LogP contribution is -2.18. The van der Waals surface area contributed by atoms with Crippen molar-refractivity contribution in [3.05, 3.63) is 78.4 Å². The van der Waals surface area contributed by atoms with Gasteiger partial charge < -0.3 is 9.47 Å². The topological polar surface area (TPSA) is 35.5 Å². The molecule has 0 N–H and O–H groups in total. The van der Waals surface area contributed by atoms with E-state index >= 15 is 0 Å². The molecule has 0 spiro atoms. The second-order valence-electron chi connectivity index (χ2n) is 5.74. The van der Waals surface area contributed by atoms with E-state index in [4.69, 9.17) is 9.47 Å². The van der Waals surface area contributed by atoms with E-state index in [1.165, 1.54) is 11.1 Å². The highest BCUT2D eigenvalue weighted by molar-refractivity contribution is 5.81. The quantitative estimate of drug-likeness (QED) is 0.384. The van der Waals surface area contributed by atoms with Gasteiger partial charge in [0.25, 0.3) is 0 Å². The lowest BCUT2D eigenvalue weighted by Gasteiger charge is -2.26. The molecule has 0 aliphatic carbocycles. The molecule has 0 bridgehead atoms. The highest BCUT2D eigenvalue weighted by atomic mass is 16.6. The van der Waals surface area contributed by atoms with Gasteiger partial charge in [0.05, 0.1) is 0 Å². The summed E-state index contributed by atoms with van der Waals surface area (Å²) in [5.74, 6) is 0.320. The summed E-state index contributed by atoms with van der Waals surface area (Å²) in [5, 5.41) is 0. The minimum Gasteiger partial charge on any atom is -0.490 e. The molecular weight excluding hydrogens is 312 g/mol. The van der Waals surface area contributed by atoms with Gasteiger partial charge in [-0.25, -0.2) is 4.79 Å². The lowest BCUT2D eigenvalue weighted by atomic mass is 9.78. The van der Waals surface area contributed by atoms with Crippen molar-refractivity contribution in [3.8, 4) is 5.75 Å². The first kappa shape index (κ1) is 22.5. The molecule has 3 heteroatoms. The molecule has 136 valence electrons. The monoisotopic (exact) mass is 342 g/mol. The van der Waals surface area contributed by atoms with Gasteiger partial charge in [0, 0.05) is 11.5 Å². The predicted octanol–water partition coefficient (Wildman–Crippen LogP) is 5.39. The van der Waals surface area contributed by atoms with Gasteiger partial charge in [-0.15, -0.1) is 0 Å². The molecule has 0 aliphatic rings. The van der Waals surface area contributed by atoms with Crippen LogP contribution in [0.25, 0.3) is 0 Å². The van der Waals surface area contributed by atoms with Crippen LogP contribution in [0.2, 0.25) is 0 Å². The van der Waals surface area contributed by atoms with E-state index in [0.717, 1.165) is 11.8 Å². The highest BCUT2D eigenvalue weighted by Crippen LogP contribution is 2.32. The zero-order chi connectivity index (χ0) is 16.7. The van der Waals surface area contributed by atoms with Crippen LogP contribution in [0.5, 0.6) is 5.75 Å². The Balaban J connectivity index is 0.00000288. The molecule has 0 saturated carbocycles. The molecular formula is C22H30O3.